The smallest absolute Gasteiger partial charge is 0.244 e. The average Bonchev–Trinajstić information content (AvgIpc) is 3.54. The van der Waals surface area contributed by atoms with Crippen LogP contribution in [0, 0.1) is 0 Å². The highest BCUT2D eigenvalue weighted by molar-refractivity contribution is 7.89. The molecule has 1 unspecified atom stereocenters. The van der Waals surface area contributed by atoms with E-state index in [0.29, 0.717) is 34.5 Å². The van der Waals surface area contributed by atoms with E-state index in [1.54, 1.807) is 0 Å². The molecule has 2 aromatic heterocycles. The SMILES string of the molecule is COc1ccc(S(=O)(=O)N2CCCC2C(=O)Nc2nnc(-c3cccs3)s2)cc1OC. The van der Waals surface area contributed by atoms with E-state index < -0.39 is 22.0 Å². The Morgan fingerprint density at radius 3 is 2.71 bits per heavy atom. The molecule has 0 aliphatic carbocycles. The van der Waals surface area contributed by atoms with Crippen molar-refractivity contribution in [3.63, 3.8) is 0 Å². The van der Waals surface area contributed by atoms with E-state index in [0.717, 1.165) is 4.88 Å². The summed E-state index contributed by atoms with van der Waals surface area (Å²) < 4.78 is 38.1. The molecule has 1 N–H and O–H groups in total. The molecular formula is C19H20N4O5S3. The molecular weight excluding hydrogens is 460 g/mol. The fourth-order valence-corrected chi connectivity index (χ4v) is 6.58. The van der Waals surface area contributed by atoms with Crippen LogP contribution in [0.4, 0.5) is 5.13 Å². The van der Waals surface area contributed by atoms with Crippen molar-refractivity contribution in [3.8, 4) is 21.4 Å². The van der Waals surface area contributed by atoms with Gasteiger partial charge in [0.25, 0.3) is 0 Å². The van der Waals surface area contributed by atoms with Gasteiger partial charge in [0.1, 0.15) is 6.04 Å². The summed E-state index contributed by atoms with van der Waals surface area (Å²) in [5, 5.41) is 13.8. The number of hydrogen-bond donors (Lipinski definition) is 1. The van der Waals surface area contributed by atoms with Crippen LogP contribution in [-0.2, 0) is 14.8 Å². The number of carbonyl (C=O) groups is 1. The van der Waals surface area contributed by atoms with Crippen molar-refractivity contribution in [1.82, 2.24) is 14.5 Å². The minimum Gasteiger partial charge on any atom is -0.493 e. The first-order valence-corrected chi connectivity index (χ1v) is 12.5. The Balaban J connectivity index is 1.53. The predicted molar refractivity (Wildman–Crippen MR) is 118 cm³/mol. The molecule has 9 nitrogen and oxygen atoms in total. The van der Waals surface area contributed by atoms with E-state index in [-0.39, 0.29) is 11.4 Å². The van der Waals surface area contributed by atoms with E-state index in [1.807, 2.05) is 17.5 Å². The number of sulfonamides is 1. The van der Waals surface area contributed by atoms with Gasteiger partial charge in [-0.15, -0.1) is 21.5 Å². The lowest BCUT2D eigenvalue weighted by atomic mass is 10.2. The maximum absolute atomic E-state index is 13.3. The Kier molecular flexibility index (Phi) is 6.23. The number of nitrogens with one attached hydrogen (secondary N) is 1. The fraction of sp³-hybridized carbons (Fsp3) is 0.316. The van der Waals surface area contributed by atoms with Gasteiger partial charge in [0, 0.05) is 12.6 Å². The van der Waals surface area contributed by atoms with Crippen molar-refractivity contribution in [3.05, 3.63) is 35.7 Å². The van der Waals surface area contributed by atoms with Crippen LogP contribution >= 0.6 is 22.7 Å². The fourth-order valence-electron chi connectivity index (χ4n) is 3.36. The number of rotatable bonds is 7. The quantitative estimate of drug-likeness (QED) is 0.553. The number of benzene rings is 1. The first-order valence-electron chi connectivity index (χ1n) is 9.36. The zero-order chi connectivity index (χ0) is 22.0. The second kappa shape index (κ2) is 8.91. The number of hydrogen-bond acceptors (Lipinski definition) is 9. The Bertz CT molecular complexity index is 1180. The van der Waals surface area contributed by atoms with Gasteiger partial charge in [-0.3, -0.25) is 10.1 Å². The van der Waals surface area contributed by atoms with Crippen molar-refractivity contribution >= 4 is 43.7 Å². The molecule has 12 heteroatoms. The van der Waals surface area contributed by atoms with Gasteiger partial charge in [0.2, 0.25) is 21.1 Å². The second-order valence-electron chi connectivity index (χ2n) is 6.67. The summed E-state index contributed by atoms with van der Waals surface area (Å²) in [6.45, 7) is 0.255. The normalized spacial score (nSPS) is 16.9. The van der Waals surface area contributed by atoms with Gasteiger partial charge in [-0.25, -0.2) is 8.42 Å². The molecule has 1 aliphatic rings. The maximum atomic E-state index is 13.3. The monoisotopic (exact) mass is 480 g/mol. The first-order chi connectivity index (χ1) is 14.9. The molecule has 3 aromatic rings. The number of ether oxygens (including phenoxy) is 2. The summed E-state index contributed by atoms with van der Waals surface area (Å²) in [6, 6.07) is 7.39. The van der Waals surface area contributed by atoms with Crippen LogP contribution in [0.3, 0.4) is 0 Å². The Hall–Kier alpha value is -2.54. The summed E-state index contributed by atoms with van der Waals surface area (Å²) in [4.78, 5) is 13.9. The summed E-state index contributed by atoms with van der Waals surface area (Å²) in [5.74, 6) is 0.309. The highest BCUT2D eigenvalue weighted by atomic mass is 32.2. The van der Waals surface area contributed by atoms with Gasteiger partial charge < -0.3 is 9.47 Å². The number of nitrogens with zero attached hydrogens (tertiary/aromatic N) is 3. The van der Waals surface area contributed by atoms with Crippen molar-refractivity contribution in [2.24, 2.45) is 0 Å². The van der Waals surface area contributed by atoms with Crippen molar-refractivity contribution < 1.29 is 22.7 Å². The molecule has 1 fully saturated rings. The van der Waals surface area contributed by atoms with Crippen LogP contribution in [0.25, 0.3) is 9.88 Å². The lowest BCUT2D eigenvalue weighted by Gasteiger charge is -2.23. The summed E-state index contributed by atoms with van der Waals surface area (Å²) in [7, 11) is -0.993. The van der Waals surface area contributed by atoms with Gasteiger partial charge in [0.15, 0.2) is 16.5 Å². The summed E-state index contributed by atoms with van der Waals surface area (Å²) >= 11 is 2.78. The Morgan fingerprint density at radius 2 is 2.00 bits per heavy atom. The van der Waals surface area contributed by atoms with Crippen LogP contribution in [0.15, 0.2) is 40.6 Å². The molecule has 31 heavy (non-hydrogen) atoms. The standard InChI is InChI=1S/C19H20N4O5S3/c1-27-14-8-7-12(11-15(14)28-2)31(25,26)23-9-3-5-13(23)17(24)20-19-22-21-18(30-19)16-6-4-10-29-16/h4,6-8,10-11,13H,3,5,9H2,1-2H3,(H,20,22,24). The molecule has 1 atom stereocenters. The van der Waals surface area contributed by atoms with E-state index in [2.05, 4.69) is 15.5 Å². The number of aromatic nitrogens is 2. The molecule has 164 valence electrons. The predicted octanol–water partition coefficient (Wildman–Crippen LogP) is 3.08. The van der Waals surface area contributed by atoms with Gasteiger partial charge in [0.05, 0.1) is 24.0 Å². The van der Waals surface area contributed by atoms with Gasteiger partial charge in [-0.05, 0) is 36.4 Å². The van der Waals surface area contributed by atoms with E-state index in [9.17, 15) is 13.2 Å². The van der Waals surface area contributed by atoms with E-state index >= 15 is 0 Å². The maximum Gasteiger partial charge on any atom is 0.244 e. The van der Waals surface area contributed by atoms with Gasteiger partial charge in [-0.2, -0.15) is 4.31 Å². The largest absolute Gasteiger partial charge is 0.493 e. The third-order valence-electron chi connectivity index (χ3n) is 4.86. The van der Waals surface area contributed by atoms with Crippen molar-refractivity contribution in [2.75, 3.05) is 26.1 Å². The molecule has 1 amide bonds. The highest BCUT2D eigenvalue weighted by Gasteiger charge is 2.40. The molecule has 0 radical (unpaired) electrons. The molecule has 0 bridgehead atoms. The third-order valence-corrected chi connectivity index (χ3v) is 8.64. The molecule has 1 aliphatic heterocycles. The molecule has 1 aromatic carbocycles. The van der Waals surface area contributed by atoms with E-state index in [4.69, 9.17) is 9.47 Å². The Morgan fingerprint density at radius 1 is 1.19 bits per heavy atom. The van der Waals surface area contributed by atoms with Crippen LogP contribution in [-0.4, -0.2) is 55.6 Å². The van der Waals surface area contributed by atoms with Gasteiger partial charge >= 0.3 is 0 Å². The number of methoxy groups -OCH3 is 2. The van der Waals surface area contributed by atoms with Crippen LogP contribution in [0.1, 0.15) is 12.8 Å². The highest BCUT2D eigenvalue weighted by Crippen LogP contribution is 2.34. The molecule has 0 spiro atoms. The number of thiophene rings is 1. The minimum absolute atomic E-state index is 0.0424. The van der Waals surface area contributed by atoms with Crippen LogP contribution in [0.5, 0.6) is 11.5 Å². The van der Waals surface area contributed by atoms with Crippen molar-refractivity contribution in [2.45, 2.75) is 23.8 Å². The van der Waals surface area contributed by atoms with Crippen LogP contribution in [0.2, 0.25) is 0 Å². The zero-order valence-corrected chi connectivity index (χ0v) is 19.2. The first kappa shape index (κ1) is 21.7. The van der Waals surface area contributed by atoms with Crippen LogP contribution < -0.4 is 14.8 Å². The molecule has 4 rings (SSSR count). The average molecular weight is 481 g/mol. The number of carbonyl (C=O) groups excluding carboxylic acids is 1. The lowest BCUT2D eigenvalue weighted by Crippen LogP contribution is -2.43. The Labute approximate surface area is 187 Å². The number of amides is 1. The third kappa shape index (κ3) is 4.28. The van der Waals surface area contributed by atoms with Crippen molar-refractivity contribution in [1.29, 1.82) is 0 Å². The zero-order valence-electron chi connectivity index (χ0n) is 16.8. The molecule has 3 heterocycles. The lowest BCUT2D eigenvalue weighted by molar-refractivity contribution is -0.119. The minimum atomic E-state index is -3.91. The van der Waals surface area contributed by atoms with Gasteiger partial charge in [-0.1, -0.05) is 17.4 Å². The van der Waals surface area contributed by atoms with E-state index in [1.165, 1.54) is 59.4 Å². The summed E-state index contributed by atoms with van der Waals surface area (Å²) in [6.07, 6.45) is 1.01. The topological polar surface area (TPSA) is 111 Å². The summed E-state index contributed by atoms with van der Waals surface area (Å²) in [5.41, 5.74) is 0. The molecule has 0 saturated carbocycles. The molecule has 1 saturated heterocycles. The second-order valence-corrected chi connectivity index (χ2v) is 10.5. The number of anilines is 1.